The molecular formula is C23H35NO4. The number of unbranched alkanes of at least 4 members (excludes halogenated alkanes) is 1. The molecule has 0 aliphatic heterocycles. The fourth-order valence-corrected chi connectivity index (χ4v) is 3.78. The third-order valence-corrected chi connectivity index (χ3v) is 5.52. The van der Waals surface area contributed by atoms with Crippen LogP contribution in [0.3, 0.4) is 0 Å². The number of rotatable bonds is 8. The Morgan fingerprint density at radius 2 is 1.86 bits per heavy atom. The van der Waals surface area contributed by atoms with Gasteiger partial charge in [0.15, 0.2) is 0 Å². The summed E-state index contributed by atoms with van der Waals surface area (Å²) in [7, 11) is 1.36. The van der Waals surface area contributed by atoms with Gasteiger partial charge in [0, 0.05) is 12.0 Å². The van der Waals surface area contributed by atoms with Gasteiger partial charge in [-0.3, -0.25) is 4.79 Å². The molecule has 1 aliphatic carbocycles. The molecular weight excluding hydrogens is 354 g/mol. The van der Waals surface area contributed by atoms with Crippen LogP contribution in [0.15, 0.2) is 18.2 Å². The van der Waals surface area contributed by atoms with Crippen molar-refractivity contribution in [2.24, 2.45) is 11.8 Å². The Bertz CT molecular complexity index is 663. The highest BCUT2D eigenvalue weighted by Crippen LogP contribution is 2.34. The first-order valence-electron chi connectivity index (χ1n) is 10.6. The Morgan fingerprint density at radius 1 is 1.18 bits per heavy atom. The summed E-state index contributed by atoms with van der Waals surface area (Å²) in [6.45, 7) is 8.91. The third kappa shape index (κ3) is 5.49. The summed E-state index contributed by atoms with van der Waals surface area (Å²) in [5.41, 5.74) is 0.982. The molecule has 1 fully saturated rings. The van der Waals surface area contributed by atoms with Gasteiger partial charge in [0.1, 0.15) is 5.75 Å². The van der Waals surface area contributed by atoms with E-state index in [1.54, 1.807) is 11.0 Å². The van der Waals surface area contributed by atoms with E-state index in [1.165, 1.54) is 7.11 Å². The first-order chi connectivity index (χ1) is 13.4. The van der Waals surface area contributed by atoms with Crippen LogP contribution in [0.1, 0.15) is 76.6 Å². The first-order valence-corrected chi connectivity index (χ1v) is 10.6. The predicted octanol–water partition coefficient (Wildman–Crippen LogP) is 5.22. The Kier molecular flexibility index (Phi) is 8.34. The van der Waals surface area contributed by atoms with E-state index >= 15 is 0 Å². The molecule has 5 nitrogen and oxygen atoms in total. The summed E-state index contributed by atoms with van der Waals surface area (Å²) in [4.78, 5) is 27.6. The smallest absolute Gasteiger partial charge is 0.340 e. The van der Waals surface area contributed by atoms with Crippen molar-refractivity contribution in [2.45, 2.75) is 72.3 Å². The number of nitrogens with zero attached hydrogens (tertiary/aromatic N) is 1. The van der Waals surface area contributed by atoms with Crippen LogP contribution in [0.4, 0.5) is 5.69 Å². The summed E-state index contributed by atoms with van der Waals surface area (Å²) in [6.07, 6.45) is 5.97. The highest BCUT2D eigenvalue weighted by Gasteiger charge is 2.32. The lowest BCUT2D eigenvalue weighted by molar-refractivity contribution is -0.123. The summed E-state index contributed by atoms with van der Waals surface area (Å²) in [5, 5.41) is 0. The molecule has 0 heterocycles. The van der Waals surface area contributed by atoms with Gasteiger partial charge in [-0.1, -0.05) is 20.3 Å². The van der Waals surface area contributed by atoms with Crippen LogP contribution < -0.4 is 9.64 Å². The van der Waals surface area contributed by atoms with Crippen molar-refractivity contribution >= 4 is 17.6 Å². The number of methoxy groups -OCH3 is 1. The second-order valence-corrected chi connectivity index (χ2v) is 8.13. The van der Waals surface area contributed by atoms with E-state index in [-0.39, 0.29) is 17.9 Å². The number of hydrogen-bond donors (Lipinski definition) is 0. The molecule has 156 valence electrons. The Morgan fingerprint density at radius 3 is 2.43 bits per heavy atom. The van der Waals surface area contributed by atoms with Gasteiger partial charge in [-0.2, -0.15) is 0 Å². The molecule has 5 heteroatoms. The number of hydrogen-bond acceptors (Lipinski definition) is 4. The van der Waals surface area contributed by atoms with E-state index in [4.69, 9.17) is 9.47 Å². The largest absolute Gasteiger partial charge is 0.494 e. The van der Waals surface area contributed by atoms with Gasteiger partial charge in [-0.25, -0.2) is 4.79 Å². The maximum atomic E-state index is 13.3. The highest BCUT2D eigenvalue weighted by atomic mass is 16.5. The zero-order valence-corrected chi connectivity index (χ0v) is 18.0. The van der Waals surface area contributed by atoms with Crippen molar-refractivity contribution in [2.75, 3.05) is 18.6 Å². The molecule has 0 spiro atoms. The number of carbonyl (C=O) groups is 2. The number of benzene rings is 1. The van der Waals surface area contributed by atoms with E-state index in [1.807, 2.05) is 26.0 Å². The normalized spacial score (nSPS) is 19.4. The molecule has 1 aromatic rings. The topological polar surface area (TPSA) is 55.8 Å². The lowest BCUT2D eigenvalue weighted by atomic mass is 9.82. The Labute approximate surface area is 169 Å². The minimum Gasteiger partial charge on any atom is -0.494 e. The van der Waals surface area contributed by atoms with Crippen LogP contribution >= 0.6 is 0 Å². The van der Waals surface area contributed by atoms with Gasteiger partial charge in [-0.15, -0.1) is 0 Å². The lowest BCUT2D eigenvalue weighted by Gasteiger charge is -2.34. The second-order valence-electron chi connectivity index (χ2n) is 8.13. The quantitative estimate of drug-likeness (QED) is 0.452. The zero-order valence-electron chi connectivity index (χ0n) is 18.0. The molecule has 1 saturated carbocycles. The van der Waals surface area contributed by atoms with Gasteiger partial charge in [0.05, 0.1) is 25.0 Å². The standard InChI is InChI=1S/C23H35NO4/c1-6-7-14-28-19-12-13-21(20(15-19)23(26)27-5)24(16(2)3)22(25)18-10-8-17(4)9-11-18/h12-13,15-18H,6-11,14H2,1-5H3. The summed E-state index contributed by atoms with van der Waals surface area (Å²) < 4.78 is 10.7. The van der Waals surface area contributed by atoms with Crippen molar-refractivity contribution in [3.63, 3.8) is 0 Å². The number of amides is 1. The molecule has 0 bridgehead atoms. The van der Waals surface area contributed by atoms with Crippen LogP contribution in [0.25, 0.3) is 0 Å². The molecule has 0 aromatic heterocycles. The maximum absolute atomic E-state index is 13.3. The van der Waals surface area contributed by atoms with Gasteiger partial charge >= 0.3 is 5.97 Å². The summed E-state index contributed by atoms with van der Waals surface area (Å²) >= 11 is 0. The molecule has 0 saturated heterocycles. The van der Waals surface area contributed by atoms with Crippen molar-refractivity contribution < 1.29 is 19.1 Å². The van der Waals surface area contributed by atoms with E-state index in [0.717, 1.165) is 38.5 Å². The van der Waals surface area contributed by atoms with Crippen LogP contribution in [0.2, 0.25) is 0 Å². The third-order valence-electron chi connectivity index (χ3n) is 5.52. The molecule has 1 aliphatic rings. The average molecular weight is 390 g/mol. The highest BCUT2D eigenvalue weighted by molar-refractivity contribution is 6.03. The minimum atomic E-state index is -0.452. The number of ether oxygens (including phenoxy) is 2. The molecule has 0 N–H and O–H groups in total. The van der Waals surface area contributed by atoms with Crippen LogP contribution in [0, 0.1) is 11.8 Å². The lowest BCUT2D eigenvalue weighted by Crippen LogP contribution is -2.43. The predicted molar refractivity (Wildman–Crippen MR) is 112 cm³/mol. The van der Waals surface area contributed by atoms with Gasteiger partial charge in [-0.05, 0) is 70.1 Å². The summed E-state index contributed by atoms with van der Waals surface area (Å²) in [5.74, 6) is 0.977. The fourth-order valence-electron chi connectivity index (χ4n) is 3.78. The van der Waals surface area contributed by atoms with Crippen LogP contribution in [-0.4, -0.2) is 31.6 Å². The van der Waals surface area contributed by atoms with Crippen molar-refractivity contribution in [3.8, 4) is 5.75 Å². The summed E-state index contributed by atoms with van der Waals surface area (Å²) in [6, 6.07) is 5.30. The number of anilines is 1. The first kappa shape index (κ1) is 22.3. The van der Waals surface area contributed by atoms with E-state index < -0.39 is 5.97 Å². The molecule has 0 radical (unpaired) electrons. The van der Waals surface area contributed by atoms with Crippen molar-refractivity contribution in [1.82, 2.24) is 0 Å². The molecule has 1 aromatic carbocycles. The Hall–Kier alpha value is -2.04. The number of carbonyl (C=O) groups excluding carboxylic acids is 2. The maximum Gasteiger partial charge on any atom is 0.340 e. The van der Waals surface area contributed by atoms with E-state index in [2.05, 4.69) is 13.8 Å². The van der Waals surface area contributed by atoms with Crippen molar-refractivity contribution in [1.29, 1.82) is 0 Å². The molecule has 1 amide bonds. The second kappa shape index (κ2) is 10.5. The van der Waals surface area contributed by atoms with E-state index in [9.17, 15) is 9.59 Å². The molecule has 2 rings (SSSR count). The average Bonchev–Trinajstić information content (AvgIpc) is 2.68. The molecule has 0 atom stereocenters. The minimum absolute atomic E-state index is 0.0181. The Balaban J connectivity index is 2.33. The van der Waals surface area contributed by atoms with Crippen molar-refractivity contribution in [3.05, 3.63) is 23.8 Å². The molecule has 0 unspecified atom stereocenters. The monoisotopic (exact) mass is 389 g/mol. The van der Waals surface area contributed by atoms with E-state index in [0.29, 0.717) is 29.5 Å². The zero-order chi connectivity index (χ0) is 20.7. The van der Waals surface area contributed by atoms with Crippen LogP contribution in [-0.2, 0) is 9.53 Å². The fraction of sp³-hybridized carbons (Fsp3) is 0.652. The van der Waals surface area contributed by atoms with Gasteiger partial charge in [0.2, 0.25) is 5.91 Å². The van der Waals surface area contributed by atoms with Gasteiger partial charge in [0.25, 0.3) is 0 Å². The molecule has 28 heavy (non-hydrogen) atoms. The van der Waals surface area contributed by atoms with Crippen LogP contribution in [0.5, 0.6) is 5.75 Å². The SMILES string of the molecule is CCCCOc1ccc(N(C(=O)C2CCC(C)CC2)C(C)C)c(C(=O)OC)c1. The van der Waals surface area contributed by atoms with Gasteiger partial charge < -0.3 is 14.4 Å². The number of esters is 1.